The van der Waals surface area contributed by atoms with Gasteiger partial charge in [-0.15, -0.1) is 0 Å². The number of para-hydroxylation sites is 1. The van der Waals surface area contributed by atoms with E-state index in [-0.39, 0.29) is 11.5 Å². The molecule has 0 spiro atoms. The molecule has 5 N–H and O–H groups in total. The van der Waals surface area contributed by atoms with E-state index in [4.69, 9.17) is 14.1 Å². The van der Waals surface area contributed by atoms with Crippen molar-refractivity contribution in [3.05, 3.63) is 36.0 Å². The van der Waals surface area contributed by atoms with Gasteiger partial charge in [0.1, 0.15) is 23.7 Å². The van der Waals surface area contributed by atoms with Crippen molar-refractivity contribution >= 4 is 38.1 Å². The fourth-order valence-electron chi connectivity index (χ4n) is 3.20. The number of rotatable bonds is 7. The summed E-state index contributed by atoms with van der Waals surface area (Å²) in [4.78, 5) is 5.28. The number of thioether (sulfide) groups is 1. The molecule has 1 saturated heterocycles. The van der Waals surface area contributed by atoms with Crippen LogP contribution in [-0.4, -0.2) is 80.8 Å². The predicted molar refractivity (Wildman–Crippen MR) is 109 cm³/mol. The maximum Gasteiger partial charge on any atom is 0.466 e. The Hall–Kier alpha value is -1.91. The number of fused-ring (bicyclic) bond motifs is 1. The number of hydrogen-bond donors (Lipinski definition) is 5. The molecular formula is C17H22N2O10S2. The predicted octanol–water partition coefficient (Wildman–Crippen LogP) is -0.887. The van der Waals surface area contributed by atoms with Gasteiger partial charge in [0.25, 0.3) is 0 Å². The van der Waals surface area contributed by atoms with Crippen molar-refractivity contribution in [3.63, 3.8) is 0 Å². The molecule has 0 aliphatic carbocycles. The first-order chi connectivity index (χ1) is 14.6. The van der Waals surface area contributed by atoms with Gasteiger partial charge in [-0.3, -0.25) is 4.55 Å². The Kier molecular flexibility index (Phi) is 7.43. The number of aromatic nitrogens is 1. The van der Waals surface area contributed by atoms with Crippen LogP contribution in [0.2, 0.25) is 0 Å². The molecule has 31 heavy (non-hydrogen) atoms. The van der Waals surface area contributed by atoms with Crippen molar-refractivity contribution in [1.82, 2.24) is 4.73 Å². The van der Waals surface area contributed by atoms with E-state index in [1.165, 1.54) is 11.8 Å². The molecule has 172 valence electrons. The third-order valence-corrected chi connectivity index (χ3v) is 6.15. The molecule has 0 radical (unpaired) electrons. The first-order valence-electron chi connectivity index (χ1n) is 8.98. The highest BCUT2D eigenvalue weighted by Crippen LogP contribution is 2.34. The number of nitrogens with zero attached hydrogens (tertiary/aromatic N) is 2. The van der Waals surface area contributed by atoms with Crippen LogP contribution in [0.25, 0.3) is 10.9 Å². The van der Waals surface area contributed by atoms with Crippen molar-refractivity contribution < 1.29 is 47.3 Å². The Labute approximate surface area is 181 Å². The normalized spacial score (nSPS) is 27.4. The van der Waals surface area contributed by atoms with Crippen molar-refractivity contribution in [2.24, 2.45) is 11.1 Å². The molecule has 5 atom stereocenters. The van der Waals surface area contributed by atoms with Crippen molar-refractivity contribution in [3.8, 4) is 0 Å². The molecule has 1 aromatic carbocycles. The number of ether oxygens (including phenoxy) is 1. The van der Waals surface area contributed by atoms with Crippen LogP contribution in [0, 0.1) is 5.92 Å². The molecular weight excluding hydrogens is 456 g/mol. The zero-order valence-electron chi connectivity index (χ0n) is 16.2. The number of oxime groups is 1. The van der Waals surface area contributed by atoms with E-state index in [9.17, 15) is 28.8 Å². The lowest BCUT2D eigenvalue weighted by atomic mass is 9.96. The van der Waals surface area contributed by atoms with Gasteiger partial charge < -0.3 is 30.0 Å². The van der Waals surface area contributed by atoms with Gasteiger partial charge in [-0.05, 0) is 11.6 Å². The number of hydrogen-bond acceptors (Lipinski definition) is 11. The third kappa shape index (κ3) is 5.48. The Morgan fingerprint density at radius 3 is 2.61 bits per heavy atom. The first kappa shape index (κ1) is 23.7. The second-order valence-electron chi connectivity index (χ2n) is 6.68. The van der Waals surface area contributed by atoms with Crippen LogP contribution in [0.15, 0.2) is 35.6 Å². The van der Waals surface area contributed by atoms with E-state index in [1.807, 2.05) is 12.1 Å². The minimum atomic E-state index is -4.90. The van der Waals surface area contributed by atoms with Crippen LogP contribution in [0.5, 0.6) is 0 Å². The van der Waals surface area contributed by atoms with Crippen LogP contribution in [0.4, 0.5) is 0 Å². The van der Waals surface area contributed by atoms with E-state index < -0.39 is 46.9 Å². The van der Waals surface area contributed by atoms with Crippen molar-refractivity contribution in [2.45, 2.75) is 30.4 Å². The molecule has 1 fully saturated rings. The maximum absolute atomic E-state index is 11.0. The van der Waals surface area contributed by atoms with E-state index in [2.05, 4.69) is 9.44 Å². The monoisotopic (exact) mass is 478 g/mol. The Bertz CT molecular complexity index is 1040. The summed E-state index contributed by atoms with van der Waals surface area (Å²) in [5, 5.41) is 43.5. The van der Waals surface area contributed by atoms with Gasteiger partial charge in [0.15, 0.2) is 6.29 Å². The summed E-state index contributed by atoms with van der Waals surface area (Å²) >= 11 is 0.755. The lowest BCUT2D eigenvalue weighted by molar-refractivity contribution is -0.252. The largest absolute Gasteiger partial charge is 0.466 e. The highest BCUT2D eigenvalue weighted by molar-refractivity contribution is 8.14. The summed E-state index contributed by atoms with van der Waals surface area (Å²) in [5.74, 6) is -1.03. The van der Waals surface area contributed by atoms with Gasteiger partial charge in [0, 0.05) is 23.9 Å². The summed E-state index contributed by atoms with van der Waals surface area (Å²) in [6.07, 6.45) is -3.25. The molecule has 0 unspecified atom stereocenters. The van der Waals surface area contributed by atoms with Crippen LogP contribution >= 0.6 is 11.8 Å². The molecule has 1 aliphatic rings. The molecule has 0 saturated carbocycles. The van der Waals surface area contributed by atoms with E-state index >= 15 is 0 Å². The molecule has 1 aliphatic heterocycles. The third-order valence-electron chi connectivity index (χ3n) is 4.70. The highest BCUT2D eigenvalue weighted by atomic mass is 32.3. The second kappa shape index (κ2) is 9.70. The van der Waals surface area contributed by atoms with Crippen molar-refractivity contribution in [1.29, 1.82) is 0 Å². The molecule has 12 nitrogen and oxygen atoms in total. The van der Waals surface area contributed by atoms with E-state index in [1.54, 1.807) is 18.3 Å². The van der Waals surface area contributed by atoms with Crippen LogP contribution < -0.4 is 4.84 Å². The van der Waals surface area contributed by atoms with Gasteiger partial charge in [0.05, 0.1) is 18.2 Å². The lowest BCUT2D eigenvalue weighted by Crippen LogP contribution is -2.54. The molecule has 3 rings (SSSR count). The standard InChI is InChI=1S/C17H22N2O10S2/c1-27-19-7-9(10-4-2-3-5-12(10)19)6-13(18-29-31(24,25)26)30-17-11(8-20)14(21)15(22)16(23)28-17/h2-5,7,11,14-17,20-23H,6,8H2,1H3,(H,24,25,26)/t11-,14-,15+,16+,17+/m0/s1. The highest BCUT2D eigenvalue weighted by Gasteiger charge is 2.44. The molecule has 0 bridgehead atoms. The fourth-order valence-corrected chi connectivity index (χ4v) is 4.61. The van der Waals surface area contributed by atoms with Crippen LogP contribution in [-0.2, 0) is 25.8 Å². The zero-order valence-corrected chi connectivity index (χ0v) is 17.8. The molecule has 1 aromatic heterocycles. The van der Waals surface area contributed by atoms with Crippen LogP contribution in [0.1, 0.15) is 5.56 Å². The van der Waals surface area contributed by atoms with Gasteiger partial charge in [-0.1, -0.05) is 35.1 Å². The Balaban J connectivity index is 1.93. The summed E-state index contributed by atoms with van der Waals surface area (Å²) in [7, 11) is -3.43. The first-order valence-corrected chi connectivity index (χ1v) is 11.2. The summed E-state index contributed by atoms with van der Waals surface area (Å²) < 4.78 is 41.8. The van der Waals surface area contributed by atoms with Gasteiger partial charge in [0.2, 0.25) is 0 Å². The van der Waals surface area contributed by atoms with Gasteiger partial charge >= 0.3 is 10.4 Å². The average Bonchev–Trinajstić information content (AvgIpc) is 3.08. The fraction of sp³-hybridized carbons (Fsp3) is 0.471. The van der Waals surface area contributed by atoms with E-state index in [0.717, 1.165) is 22.7 Å². The molecule has 14 heteroatoms. The van der Waals surface area contributed by atoms with Crippen molar-refractivity contribution in [2.75, 3.05) is 13.7 Å². The van der Waals surface area contributed by atoms with Crippen LogP contribution in [0.3, 0.4) is 0 Å². The number of aliphatic hydroxyl groups excluding tert-OH is 4. The molecule has 2 heterocycles. The Morgan fingerprint density at radius 1 is 1.26 bits per heavy atom. The average molecular weight is 479 g/mol. The number of benzene rings is 1. The minimum Gasteiger partial charge on any atom is -0.417 e. The number of aliphatic hydroxyl groups is 4. The quantitative estimate of drug-likeness (QED) is 0.144. The summed E-state index contributed by atoms with van der Waals surface area (Å²) in [6, 6.07) is 7.22. The molecule has 0 amide bonds. The summed E-state index contributed by atoms with van der Waals surface area (Å²) in [5.41, 5.74) is 0.272. The second-order valence-corrected chi connectivity index (χ2v) is 8.86. The Morgan fingerprint density at radius 2 is 1.97 bits per heavy atom. The lowest BCUT2D eigenvalue weighted by Gasteiger charge is -2.39. The SMILES string of the molecule is COn1cc(CC(=NOS(=O)(=O)O)S[C@H]2O[C@@H](O)[C@H](O)[C@@H](O)[C@@H]2CO)c2ccccc21. The van der Waals surface area contributed by atoms with Gasteiger partial charge in [-0.25, -0.2) is 4.28 Å². The minimum absolute atomic E-state index is 0.0101. The summed E-state index contributed by atoms with van der Waals surface area (Å²) in [6.45, 7) is -0.599. The maximum atomic E-state index is 11.0. The van der Waals surface area contributed by atoms with Gasteiger partial charge in [-0.2, -0.15) is 13.1 Å². The zero-order chi connectivity index (χ0) is 22.8. The molecule has 2 aromatic rings. The smallest absolute Gasteiger partial charge is 0.417 e. The topological polar surface area (TPSA) is 180 Å². The van der Waals surface area contributed by atoms with E-state index in [0.29, 0.717) is 5.56 Å².